The number of carbonyl (C=O) groups is 2. The average molecular weight is 568 g/mol. The van der Waals surface area contributed by atoms with Crippen molar-refractivity contribution in [3.8, 4) is 0 Å². The third kappa shape index (κ3) is 5.17. The third-order valence-corrected chi connectivity index (χ3v) is 9.07. The average Bonchev–Trinajstić information content (AvgIpc) is 3.60. The van der Waals surface area contributed by atoms with E-state index in [1.165, 1.54) is 11.6 Å². The molecule has 5 heterocycles. The number of carbonyl (C=O) groups excluding carboxylic acids is 1. The summed E-state index contributed by atoms with van der Waals surface area (Å²) in [5, 5.41) is 17.1. The van der Waals surface area contributed by atoms with Gasteiger partial charge in [0.05, 0.1) is 17.9 Å². The smallest absolute Gasteiger partial charge is 0.354 e. The van der Waals surface area contributed by atoms with Gasteiger partial charge < -0.3 is 20.2 Å². The van der Waals surface area contributed by atoms with E-state index in [4.69, 9.17) is 0 Å². The van der Waals surface area contributed by atoms with E-state index >= 15 is 0 Å². The third-order valence-electron chi connectivity index (χ3n) is 9.07. The van der Waals surface area contributed by atoms with Gasteiger partial charge in [0, 0.05) is 31.6 Å². The van der Waals surface area contributed by atoms with Gasteiger partial charge in [0.15, 0.2) is 11.3 Å². The molecule has 2 fully saturated rings. The molecule has 2 atom stereocenters. The first-order chi connectivity index (χ1) is 20.0. The molecule has 0 radical (unpaired) electrons. The van der Waals surface area contributed by atoms with E-state index in [0.717, 1.165) is 37.2 Å². The lowest BCUT2D eigenvalue weighted by Crippen LogP contribution is -2.57. The Hall–Kier alpha value is -4.47. The van der Waals surface area contributed by atoms with E-state index in [9.17, 15) is 14.7 Å². The Balaban J connectivity index is 1.20. The fourth-order valence-corrected chi connectivity index (χ4v) is 6.20. The first-order valence-electron chi connectivity index (χ1n) is 14.5. The van der Waals surface area contributed by atoms with Gasteiger partial charge in [-0.15, -0.1) is 5.10 Å². The van der Waals surface area contributed by atoms with Crippen molar-refractivity contribution in [1.29, 1.82) is 0 Å². The van der Waals surface area contributed by atoms with Gasteiger partial charge in [0.1, 0.15) is 5.82 Å². The molecule has 1 amide bonds. The summed E-state index contributed by atoms with van der Waals surface area (Å²) in [6.45, 7) is 11.6. The summed E-state index contributed by atoms with van der Waals surface area (Å²) in [5.41, 5.74) is 3.92. The SMILES string of the molecule is Cc1cc(N2CC[C@](C)(c3ccccc3)C2)cn2nc(C(=O)NC3CN(c4cccc(C(=O)O)n4)CCC3(C)C)nc12. The molecule has 2 N–H and O–H groups in total. The van der Waals surface area contributed by atoms with Crippen LogP contribution in [0, 0.1) is 12.3 Å². The summed E-state index contributed by atoms with van der Waals surface area (Å²) in [6, 6.07) is 17.6. The zero-order valence-corrected chi connectivity index (χ0v) is 24.5. The molecule has 0 spiro atoms. The number of nitrogens with one attached hydrogen (secondary N) is 1. The number of aryl methyl sites for hydroxylation is 1. The highest BCUT2D eigenvalue weighted by Gasteiger charge is 2.38. The quantitative estimate of drug-likeness (QED) is 0.354. The number of fused-ring (bicyclic) bond motifs is 1. The fraction of sp³-hybridized carbons (Fsp3) is 0.406. The van der Waals surface area contributed by atoms with Gasteiger partial charge in [-0.3, -0.25) is 4.79 Å². The number of amides is 1. The zero-order valence-electron chi connectivity index (χ0n) is 24.5. The second kappa shape index (κ2) is 10.4. The van der Waals surface area contributed by atoms with Gasteiger partial charge >= 0.3 is 5.97 Å². The van der Waals surface area contributed by atoms with Crippen molar-refractivity contribution in [2.75, 3.05) is 36.0 Å². The molecular formula is C32H37N7O3. The van der Waals surface area contributed by atoms with Crippen LogP contribution in [-0.2, 0) is 5.41 Å². The minimum absolute atomic E-state index is 0.000168. The van der Waals surface area contributed by atoms with Crippen LogP contribution in [0.3, 0.4) is 0 Å². The number of carboxylic acids is 1. The highest BCUT2D eigenvalue weighted by Crippen LogP contribution is 2.37. The molecule has 6 rings (SSSR count). The molecule has 42 heavy (non-hydrogen) atoms. The number of aromatic nitrogens is 4. The lowest BCUT2D eigenvalue weighted by molar-refractivity contribution is 0.0690. The molecule has 1 unspecified atom stereocenters. The summed E-state index contributed by atoms with van der Waals surface area (Å²) in [5.74, 6) is -0.677. The normalized spacial score (nSPS) is 22.0. The standard InChI is InChI=1S/C32H37N7O3/c1-21-17-23(38-16-14-32(4,20-38)22-9-6-5-7-10-22)18-39-28(21)35-27(36-39)29(40)34-25-19-37(15-13-31(25,2)3)26-12-8-11-24(33-26)30(41)42/h5-12,17-18,25H,13-16,19-20H2,1-4H3,(H,34,40)(H,41,42)/t25?,32-/m0/s1. The predicted octanol–water partition coefficient (Wildman–Crippen LogP) is 4.33. The van der Waals surface area contributed by atoms with Crippen molar-refractivity contribution >= 4 is 29.0 Å². The second-order valence-corrected chi connectivity index (χ2v) is 12.6. The Labute approximate surface area is 245 Å². The minimum atomic E-state index is -1.06. The van der Waals surface area contributed by atoms with Crippen molar-refractivity contribution < 1.29 is 14.7 Å². The van der Waals surface area contributed by atoms with E-state index in [1.54, 1.807) is 16.6 Å². The summed E-state index contributed by atoms with van der Waals surface area (Å²) in [6.07, 6.45) is 3.83. The second-order valence-electron chi connectivity index (χ2n) is 12.6. The predicted molar refractivity (Wildman–Crippen MR) is 161 cm³/mol. The van der Waals surface area contributed by atoms with Crippen molar-refractivity contribution in [3.63, 3.8) is 0 Å². The molecule has 3 aromatic heterocycles. The number of pyridine rings is 2. The van der Waals surface area contributed by atoms with Gasteiger partial charge in [-0.2, -0.15) is 0 Å². The van der Waals surface area contributed by atoms with Crippen LogP contribution >= 0.6 is 0 Å². The number of aromatic carboxylic acids is 1. The van der Waals surface area contributed by atoms with Crippen molar-refractivity contribution in [1.82, 2.24) is 24.9 Å². The lowest BCUT2D eigenvalue weighted by Gasteiger charge is -2.44. The number of rotatable bonds is 6. The van der Waals surface area contributed by atoms with E-state index in [-0.39, 0.29) is 34.3 Å². The van der Waals surface area contributed by atoms with Gasteiger partial charge in [-0.25, -0.2) is 19.3 Å². The largest absolute Gasteiger partial charge is 0.477 e. The first-order valence-corrected chi connectivity index (χ1v) is 14.5. The van der Waals surface area contributed by atoms with Crippen LogP contribution < -0.4 is 15.1 Å². The van der Waals surface area contributed by atoms with Crippen molar-refractivity contribution in [2.45, 2.75) is 52.0 Å². The molecule has 0 saturated carbocycles. The highest BCUT2D eigenvalue weighted by molar-refractivity contribution is 5.91. The highest BCUT2D eigenvalue weighted by atomic mass is 16.4. The Morgan fingerprint density at radius 1 is 0.976 bits per heavy atom. The van der Waals surface area contributed by atoms with Gasteiger partial charge in [0.2, 0.25) is 5.82 Å². The maximum atomic E-state index is 13.5. The molecular weight excluding hydrogens is 530 g/mol. The molecule has 1 aromatic carbocycles. The number of carboxylic acid groups (broad SMARTS) is 1. The number of piperidine rings is 1. The lowest BCUT2D eigenvalue weighted by atomic mass is 9.78. The van der Waals surface area contributed by atoms with Crippen LogP contribution in [0.2, 0.25) is 0 Å². The Morgan fingerprint density at radius 3 is 2.50 bits per heavy atom. The maximum absolute atomic E-state index is 13.5. The van der Waals surface area contributed by atoms with Crippen LogP contribution in [-0.4, -0.2) is 68.8 Å². The maximum Gasteiger partial charge on any atom is 0.354 e. The Kier molecular flexibility index (Phi) is 6.87. The number of hydrogen-bond donors (Lipinski definition) is 2. The number of nitrogens with zero attached hydrogens (tertiary/aromatic N) is 6. The van der Waals surface area contributed by atoms with Gasteiger partial charge in [0.25, 0.3) is 5.91 Å². The molecule has 0 aliphatic carbocycles. The summed E-state index contributed by atoms with van der Waals surface area (Å²) in [7, 11) is 0. The van der Waals surface area contributed by atoms with Gasteiger partial charge in [-0.05, 0) is 54.5 Å². The summed E-state index contributed by atoms with van der Waals surface area (Å²) < 4.78 is 1.72. The van der Waals surface area contributed by atoms with E-state index in [1.807, 2.05) is 18.0 Å². The Morgan fingerprint density at radius 2 is 1.74 bits per heavy atom. The van der Waals surface area contributed by atoms with Crippen LogP contribution in [0.15, 0.2) is 60.8 Å². The van der Waals surface area contributed by atoms with Crippen molar-refractivity contribution in [3.05, 3.63) is 83.4 Å². The minimum Gasteiger partial charge on any atom is -0.477 e. The molecule has 0 bridgehead atoms. The van der Waals surface area contributed by atoms with Crippen LogP contribution in [0.25, 0.3) is 5.65 Å². The Bertz CT molecular complexity index is 1650. The monoisotopic (exact) mass is 567 g/mol. The van der Waals surface area contributed by atoms with E-state index in [0.29, 0.717) is 24.6 Å². The van der Waals surface area contributed by atoms with Crippen LogP contribution in [0.5, 0.6) is 0 Å². The van der Waals surface area contributed by atoms with Gasteiger partial charge in [-0.1, -0.05) is 57.2 Å². The number of benzene rings is 1. The number of hydrogen-bond acceptors (Lipinski definition) is 7. The topological polar surface area (TPSA) is 116 Å². The van der Waals surface area contributed by atoms with Crippen LogP contribution in [0.4, 0.5) is 11.5 Å². The van der Waals surface area contributed by atoms with E-state index < -0.39 is 5.97 Å². The molecule has 2 saturated heterocycles. The molecule has 10 nitrogen and oxygen atoms in total. The molecule has 2 aliphatic rings. The van der Waals surface area contributed by atoms with Crippen LogP contribution in [0.1, 0.15) is 65.8 Å². The molecule has 10 heteroatoms. The fourth-order valence-electron chi connectivity index (χ4n) is 6.20. The van der Waals surface area contributed by atoms with E-state index in [2.05, 4.69) is 82.5 Å². The summed E-state index contributed by atoms with van der Waals surface area (Å²) >= 11 is 0. The van der Waals surface area contributed by atoms with Crippen molar-refractivity contribution in [2.24, 2.45) is 5.41 Å². The number of anilines is 2. The first kappa shape index (κ1) is 27.7. The molecule has 218 valence electrons. The molecule has 2 aliphatic heterocycles. The zero-order chi connectivity index (χ0) is 29.6. The molecule has 4 aromatic rings. The summed E-state index contributed by atoms with van der Waals surface area (Å²) in [4.78, 5) is 38.2.